The number of aryl methyl sites for hydroxylation is 1. The molecule has 126 valence electrons. The summed E-state index contributed by atoms with van der Waals surface area (Å²) in [6, 6.07) is 12.8. The van der Waals surface area contributed by atoms with Crippen LogP contribution in [0.4, 0.5) is 5.82 Å². The van der Waals surface area contributed by atoms with E-state index < -0.39 is 0 Å². The number of rotatable bonds is 3. The van der Waals surface area contributed by atoms with Gasteiger partial charge in [0.1, 0.15) is 11.5 Å². The van der Waals surface area contributed by atoms with Gasteiger partial charge in [0, 0.05) is 35.7 Å². The molecule has 0 atom stereocenters. The Morgan fingerprint density at radius 3 is 2.65 bits per heavy atom. The van der Waals surface area contributed by atoms with Crippen molar-refractivity contribution < 1.29 is 4.79 Å². The van der Waals surface area contributed by atoms with E-state index in [4.69, 9.17) is 0 Å². The van der Waals surface area contributed by atoms with Gasteiger partial charge in [0.15, 0.2) is 5.65 Å². The van der Waals surface area contributed by atoms with Gasteiger partial charge in [-0.25, -0.2) is 15.0 Å². The van der Waals surface area contributed by atoms with Gasteiger partial charge in [-0.2, -0.15) is 0 Å². The summed E-state index contributed by atoms with van der Waals surface area (Å²) in [5, 5.41) is 3.63. The SMILES string of the molecule is Cc1ccncc1-c1cc(C(=O)Nc2ccccn2)nc2ncccc12. The second kappa shape index (κ2) is 6.68. The van der Waals surface area contributed by atoms with E-state index >= 15 is 0 Å². The molecule has 0 radical (unpaired) electrons. The Morgan fingerprint density at radius 1 is 0.962 bits per heavy atom. The van der Waals surface area contributed by atoms with Gasteiger partial charge in [0.05, 0.1) is 0 Å². The molecule has 6 heteroatoms. The summed E-state index contributed by atoms with van der Waals surface area (Å²) in [4.78, 5) is 29.7. The topological polar surface area (TPSA) is 80.7 Å². The van der Waals surface area contributed by atoms with Crippen LogP contribution in [0.25, 0.3) is 22.2 Å². The number of amides is 1. The number of hydrogen-bond acceptors (Lipinski definition) is 5. The fraction of sp³-hybridized carbons (Fsp3) is 0.0500. The van der Waals surface area contributed by atoms with Gasteiger partial charge >= 0.3 is 0 Å². The van der Waals surface area contributed by atoms with Gasteiger partial charge in [0.25, 0.3) is 5.91 Å². The van der Waals surface area contributed by atoms with Crippen LogP contribution >= 0.6 is 0 Å². The standard InChI is InChI=1S/C20H15N5O/c1-13-7-10-21-12-16(13)15-11-17(24-19-14(15)5-4-9-23-19)20(26)25-18-6-2-3-8-22-18/h2-12H,1H3,(H,22,25,26). The Balaban J connectivity index is 1.84. The average Bonchev–Trinajstić information content (AvgIpc) is 2.68. The quantitative estimate of drug-likeness (QED) is 0.615. The molecular formula is C20H15N5O. The van der Waals surface area contributed by atoms with E-state index in [9.17, 15) is 4.79 Å². The smallest absolute Gasteiger partial charge is 0.275 e. The van der Waals surface area contributed by atoms with Crippen LogP contribution in [0.3, 0.4) is 0 Å². The third kappa shape index (κ3) is 3.00. The van der Waals surface area contributed by atoms with Crippen LogP contribution in [0, 0.1) is 6.92 Å². The highest BCUT2D eigenvalue weighted by Gasteiger charge is 2.15. The van der Waals surface area contributed by atoms with E-state index in [-0.39, 0.29) is 11.6 Å². The van der Waals surface area contributed by atoms with Crippen LogP contribution in [-0.4, -0.2) is 25.8 Å². The predicted octanol–water partition coefficient (Wildman–Crippen LogP) is 3.65. The number of hydrogen-bond donors (Lipinski definition) is 1. The van der Waals surface area contributed by atoms with Crippen LogP contribution in [0.1, 0.15) is 16.1 Å². The Kier molecular flexibility index (Phi) is 4.07. The zero-order valence-electron chi connectivity index (χ0n) is 14.0. The lowest BCUT2D eigenvalue weighted by Gasteiger charge is -2.11. The molecule has 0 bridgehead atoms. The molecule has 0 aliphatic carbocycles. The third-order valence-electron chi connectivity index (χ3n) is 4.05. The van der Waals surface area contributed by atoms with Gasteiger partial charge < -0.3 is 5.32 Å². The third-order valence-corrected chi connectivity index (χ3v) is 4.05. The Morgan fingerprint density at radius 2 is 1.85 bits per heavy atom. The zero-order chi connectivity index (χ0) is 17.9. The molecule has 6 nitrogen and oxygen atoms in total. The van der Waals surface area contributed by atoms with E-state index in [0.29, 0.717) is 11.5 Å². The van der Waals surface area contributed by atoms with Gasteiger partial charge in [-0.1, -0.05) is 6.07 Å². The van der Waals surface area contributed by atoms with E-state index in [2.05, 4.69) is 25.3 Å². The minimum atomic E-state index is -0.334. The molecule has 1 N–H and O–H groups in total. The van der Waals surface area contributed by atoms with Crippen molar-refractivity contribution >= 4 is 22.8 Å². The summed E-state index contributed by atoms with van der Waals surface area (Å²) >= 11 is 0. The minimum Gasteiger partial charge on any atom is -0.305 e. The first-order valence-electron chi connectivity index (χ1n) is 8.11. The lowest BCUT2D eigenvalue weighted by atomic mass is 9.99. The second-order valence-corrected chi connectivity index (χ2v) is 5.79. The molecule has 0 aliphatic heterocycles. The number of nitrogens with one attached hydrogen (secondary N) is 1. The summed E-state index contributed by atoms with van der Waals surface area (Å²) in [6.45, 7) is 2.01. The maximum atomic E-state index is 12.7. The van der Waals surface area contributed by atoms with Crippen molar-refractivity contribution in [1.82, 2.24) is 19.9 Å². The zero-order valence-corrected chi connectivity index (χ0v) is 14.0. The molecule has 0 aromatic carbocycles. The van der Waals surface area contributed by atoms with Gasteiger partial charge in [-0.3, -0.25) is 9.78 Å². The Bertz CT molecular complexity index is 1100. The fourth-order valence-corrected chi connectivity index (χ4v) is 2.76. The molecule has 4 aromatic rings. The van der Waals surface area contributed by atoms with Crippen LogP contribution in [0.5, 0.6) is 0 Å². The van der Waals surface area contributed by atoms with Crippen molar-refractivity contribution in [3.63, 3.8) is 0 Å². The van der Waals surface area contributed by atoms with E-state index in [1.165, 1.54) is 0 Å². The molecule has 0 spiro atoms. The van der Waals surface area contributed by atoms with Gasteiger partial charge in [-0.05, 0) is 54.4 Å². The number of carbonyl (C=O) groups is 1. The highest BCUT2D eigenvalue weighted by Crippen LogP contribution is 2.29. The summed E-state index contributed by atoms with van der Waals surface area (Å²) < 4.78 is 0. The lowest BCUT2D eigenvalue weighted by Crippen LogP contribution is -2.15. The van der Waals surface area contributed by atoms with Crippen LogP contribution < -0.4 is 5.32 Å². The number of carbonyl (C=O) groups excluding carboxylic acids is 1. The summed E-state index contributed by atoms with van der Waals surface area (Å²) in [7, 11) is 0. The Labute approximate surface area is 150 Å². The number of fused-ring (bicyclic) bond motifs is 1. The summed E-state index contributed by atoms with van der Waals surface area (Å²) in [6.07, 6.45) is 6.82. The molecule has 0 aliphatic rings. The molecule has 4 heterocycles. The second-order valence-electron chi connectivity index (χ2n) is 5.79. The molecule has 0 saturated heterocycles. The lowest BCUT2D eigenvalue weighted by molar-refractivity contribution is 0.102. The fourth-order valence-electron chi connectivity index (χ4n) is 2.76. The van der Waals surface area contributed by atoms with Crippen molar-refractivity contribution in [2.24, 2.45) is 0 Å². The van der Waals surface area contributed by atoms with Crippen molar-refractivity contribution in [3.05, 3.63) is 78.5 Å². The Hall–Kier alpha value is -3.67. The van der Waals surface area contributed by atoms with Crippen LogP contribution in [-0.2, 0) is 0 Å². The first kappa shape index (κ1) is 15.8. The minimum absolute atomic E-state index is 0.278. The predicted molar refractivity (Wildman–Crippen MR) is 99.7 cm³/mol. The molecule has 4 aromatic heterocycles. The number of aromatic nitrogens is 4. The maximum absolute atomic E-state index is 12.7. The number of pyridine rings is 4. The maximum Gasteiger partial charge on any atom is 0.275 e. The highest BCUT2D eigenvalue weighted by atomic mass is 16.1. The van der Waals surface area contributed by atoms with E-state index in [1.54, 1.807) is 43.0 Å². The largest absolute Gasteiger partial charge is 0.305 e. The monoisotopic (exact) mass is 341 g/mol. The van der Waals surface area contributed by atoms with Gasteiger partial charge in [-0.15, -0.1) is 0 Å². The highest BCUT2D eigenvalue weighted by molar-refractivity contribution is 6.06. The van der Waals surface area contributed by atoms with Crippen molar-refractivity contribution in [3.8, 4) is 11.1 Å². The van der Waals surface area contributed by atoms with Crippen molar-refractivity contribution in [2.45, 2.75) is 6.92 Å². The molecule has 26 heavy (non-hydrogen) atoms. The first-order valence-corrected chi connectivity index (χ1v) is 8.11. The summed E-state index contributed by atoms with van der Waals surface area (Å²) in [5.74, 6) is 0.138. The van der Waals surface area contributed by atoms with Crippen molar-refractivity contribution in [2.75, 3.05) is 5.32 Å². The number of nitrogens with zero attached hydrogens (tertiary/aromatic N) is 4. The first-order chi connectivity index (χ1) is 12.7. The molecule has 0 fully saturated rings. The number of anilines is 1. The normalized spacial score (nSPS) is 10.7. The van der Waals surface area contributed by atoms with E-state index in [0.717, 1.165) is 22.1 Å². The average molecular weight is 341 g/mol. The molecule has 4 rings (SSSR count). The van der Waals surface area contributed by atoms with Gasteiger partial charge in [0.2, 0.25) is 0 Å². The molecular weight excluding hydrogens is 326 g/mol. The summed E-state index contributed by atoms with van der Waals surface area (Å²) in [5.41, 5.74) is 3.67. The van der Waals surface area contributed by atoms with Crippen LogP contribution in [0.15, 0.2) is 67.3 Å². The molecule has 1 amide bonds. The molecule has 0 unspecified atom stereocenters. The molecule has 0 saturated carbocycles. The van der Waals surface area contributed by atoms with Crippen molar-refractivity contribution in [1.29, 1.82) is 0 Å². The van der Waals surface area contributed by atoms with E-state index in [1.807, 2.05) is 31.2 Å². The van der Waals surface area contributed by atoms with Crippen LogP contribution in [0.2, 0.25) is 0 Å².